The van der Waals surface area contributed by atoms with E-state index in [1.807, 2.05) is 179 Å². The van der Waals surface area contributed by atoms with Crippen molar-refractivity contribution in [1.82, 2.24) is 51.6 Å². The summed E-state index contributed by atoms with van der Waals surface area (Å²) in [6, 6.07) is 43.5. The van der Waals surface area contributed by atoms with Gasteiger partial charge >= 0.3 is 5.97 Å². The first-order valence-corrected chi connectivity index (χ1v) is 46.9. The number of rotatable bonds is 30. The number of aliphatic hydroxyl groups is 6. The number of nitrogens with zero attached hydrogens (tertiary/aromatic N) is 5. The molecule has 0 aromatic heterocycles. The Morgan fingerprint density at radius 3 is 0.891 bits per heavy atom. The van der Waals surface area contributed by atoms with Gasteiger partial charge in [0.2, 0.25) is 17.7 Å². The number of hydrogen-bond donors (Lipinski definition) is 12. The fraction of sp³-hybridized carbons (Fsp3) is 0.592. The molecule has 3 saturated heterocycles. The summed E-state index contributed by atoms with van der Waals surface area (Å²) in [6.45, 7) is 31.1. The van der Waals surface area contributed by atoms with Gasteiger partial charge in [-0.25, -0.2) is 4.79 Å². The Morgan fingerprint density at radius 2 is 0.651 bits per heavy atom. The summed E-state index contributed by atoms with van der Waals surface area (Å²) in [4.78, 5) is 102. The van der Waals surface area contributed by atoms with Crippen molar-refractivity contribution in [2.75, 3.05) is 61.1 Å². The number of aromatic carboxylic acids is 1. The van der Waals surface area contributed by atoms with Gasteiger partial charge < -0.3 is 72.1 Å². The lowest BCUT2D eigenvalue weighted by Crippen LogP contribution is -2.62. The maximum atomic E-state index is 14.0. The molecule has 12 aliphatic rings. The number of carboxylic acid groups (broad SMARTS) is 1. The highest BCUT2D eigenvalue weighted by atomic mass is 16.7. The predicted molar refractivity (Wildman–Crippen MR) is 496 cm³/mol. The first-order chi connectivity index (χ1) is 61.1. The standard InChI is InChI=1S/2C36H52N4O5.C31H40N2O6/c2*1-21(18-39(6)7)37-34(43)27-13-9-12-26(15-27)25-11-8-10-24(14-25)19-40-33(32(23(3)42)31(20-41)45-40)35(44)38-30-17-28-16-29(22(30)2)36(28,4)5;1-17-24-13-23(31(24,3)4)14-25(17)32-29(36)28-27(18(2)35)26(16-34)39-33(28)15-19-7-5-8-20(11-19)21-9-6-10-22(12-21)30(37)38/h2*8-15,21-23,28-33,41-42H,16-20H2,1-7H3,(H,37,43)(H,38,44);5-12,17-18,23-28,34-35H,13-16H2,1-4H3,(H,32,36)(H,37,38)/t2*21?,22-,23-,28+,29-,30-,31-,32+,33-;17-,18-,23+,24-,25-,26-,27+,28-/m000/s1. The minimum absolute atomic E-state index is 0.0113. The second kappa shape index (κ2) is 41.0. The van der Waals surface area contributed by atoms with Crippen LogP contribution in [0.25, 0.3) is 33.4 Å². The van der Waals surface area contributed by atoms with Gasteiger partial charge in [-0.1, -0.05) is 153 Å². The van der Waals surface area contributed by atoms with E-state index in [1.54, 1.807) is 54.2 Å². The van der Waals surface area contributed by atoms with Crippen LogP contribution in [0.1, 0.15) is 183 Å². The number of carbonyl (C=O) groups is 6. The molecule has 3 heterocycles. The molecule has 0 spiro atoms. The minimum atomic E-state index is -0.986. The Balaban J connectivity index is 0.000000166. The largest absolute Gasteiger partial charge is 0.478 e. The van der Waals surface area contributed by atoms with Gasteiger partial charge in [-0.05, 0) is 276 Å². The molecular weight excluding hydrogens is 1630 g/mol. The lowest BCUT2D eigenvalue weighted by atomic mass is 9.45. The predicted octanol–water partition coefficient (Wildman–Crippen LogP) is 11.1. The normalized spacial score (nSPS) is 31.0. The first kappa shape index (κ1) is 98.1. The molecule has 26 atom stereocenters. The highest BCUT2D eigenvalue weighted by Crippen LogP contribution is 2.64. The molecule has 26 nitrogen and oxygen atoms in total. The third-order valence-electron chi connectivity index (χ3n) is 31.4. The van der Waals surface area contributed by atoms with Crippen LogP contribution in [-0.2, 0) is 48.5 Å². The number of likely N-dealkylation sites (N-methyl/N-ethyl adjacent to an activating group) is 2. The van der Waals surface area contributed by atoms with Crippen LogP contribution >= 0.6 is 0 Å². The van der Waals surface area contributed by atoms with Gasteiger partial charge in [-0.3, -0.25) is 38.5 Å². The fourth-order valence-electron chi connectivity index (χ4n) is 23.9. The number of aliphatic hydroxyl groups excluding tert-OH is 6. The SMILES string of the molecule is CC(CN(C)C)NC(=O)c1cccc(-c2cccc(CN3O[C@@H](CO)[C@@H]([C@H](C)O)[C@H]3C(=O)N[C@H]3C[C@H]4C[C@@H]([C@@H]3C)C4(C)C)c2)c1.CC(CN(C)C)NC(=O)c1cccc(-c2cccc(CN3O[C@@H](CO)[C@@H]([C@H](C)O)[C@H]3C(=O)N[C@H]3C[C@H]4C[C@@H]([C@@H]3C)C4(C)C)c2)c1.C[C@@H]1[C@@H](NC(=O)[C@@H]2[C@H]([C@H](C)O)[C@H](CO)ON2Cc2cccc(-c3cccc(C(=O)O)c3)c2)C[C@H]2C[C@@H]1C2(C)C. The molecule has 702 valence electrons. The van der Waals surface area contributed by atoms with Crippen molar-refractivity contribution >= 4 is 35.5 Å². The van der Waals surface area contributed by atoms with Gasteiger partial charge in [0.25, 0.3) is 11.8 Å². The van der Waals surface area contributed by atoms with E-state index in [1.165, 1.54) is 19.3 Å². The summed E-state index contributed by atoms with van der Waals surface area (Å²) in [5, 5.41) is 92.9. The number of benzene rings is 6. The summed E-state index contributed by atoms with van der Waals surface area (Å²) in [6.07, 6.45) is 1.90. The van der Waals surface area contributed by atoms with Crippen molar-refractivity contribution in [3.63, 3.8) is 0 Å². The Labute approximate surface area is 762 Å². The van der Waals surface area contributed by atoms with Gasteiger partial charge in [0.05, 0.1) is 63.3 Å². The van der Waals surface area contributed by atoms with E-state index in [-0.39, 0.29) is 91.7 Å². The number of fused-ring (bicyclic) bond motifs is 6. The smallest absolute Gasteiger partial charge is 0.335 e. The van der Waals surface area contributed by atoms with Crippen molar-refractivity contribution in [3.8, 4) is 33.4 Å². The lowest BCUT2D eigenvalue weighted by Gasteiger charge is -2.62. The molecule has 129 heavy (non-hydrogen) atoms. The molecule has 5 amide bonds. The monoisotopic (exact) mass is 1780 g/mol. The van der Waals surface area contributed by atoms with Crippen LogP contribution in [0.5, 0.6) is 0 Å². The van der Waals surface area contributed by atoms with Crippen molar-refractivity contribution < 1.29 is 79.0 Å². The molecule has 6 aromatic rings. The molecule has 2 unspecified atom stereocenters. The van der Waals surface area contributed by atoms with E-state index in [0.29, 0.717) is 93.7 Å². The van der Waals surface area contributed by atoms with Gasteiger partial charge in [0, 0.05) is 72.2 Å². The summed E-state index contributed by atoms with van der Waals surface area (Å²) in [5.41, 5.74) is 10.3. The van der Waals surface area contributed by atoms with E-state index >= 15 is 0 Å². The molecule has 12 N–H and O–H groups in total. The van der Waals surface area contributed by atoms with Crippen molar-refractivity contribution in [2.45, 2.75) is 240 Å². The van der Waals surface area contributed by atoms with Gasteiger partial charge in [-0.2, -0.15) is 15.2 Å². The van der Waals surface area contributed by atoms with E-state index in [2.05, 4.69) is 88.9 Å². The van der Waals surface area contributed by atoms with Crippen LogP contribution in [0.4, 0.5) is 0 Å². The fourth-order valence-corrected chi connectivity index (χ4v) is 23.9. The summed E-state index contributed by atoms with van der Waals surface area (Å²) < 4.78 is 0. The quantitative estimate of drug-likeness (QED) is 0.0199. The van der Waals surface area contributed by atoms with Crippen LogP contribution in [0.2, 0.25) is 0 Å². The Bertz CT molecular complexity index is 4700. The highest BCUT2D eigenvalue weighted by Gasteiger charge is 2.61. The number of hydroxylamine groups is 6. The van der Waals surface area contributed by atoms with Crippen LogP contribution in [0.15, 0.2) is 146 Å². The molecule has 18 rings (SSSR count). The molecule has 9 aliphatic carbocycles. The molecule has 9 saturated carbocycles. The van der Waals surface area contributed by atoms with E-state index < -0.39 is 78.5 Å². The molecule has 6 bridgehead atoms. The molecule has 6 aromatic carbocycles. The number of carboxylic acids is 1. The van der Waals surface area contributed by atoms with Gasteiger partial charge in [0.15, 0.2) is 0 Å². The number of nitrogens with one attached hydrogen (secondary N) is 5. The lowest BCUT2D eigenvalue weighted by molar-refractivity contribution is -0.183. The summed E-state index contributed by atoms with van der Waals surface area (Å²) >= 11 is 0. The summed E-state index contributed by atoms with van der Waals surface area (Å²) in [5.74, 6) is 1.20. The molecule has 3 aliphatic heterocycles. The molecule has 12 fully saturated rings. The highest BCUT2D eigenvalue weighted by molar-refractivity contribution is 5.96. The zero-order valence-electron chi connectivity index (χ0n) is 78.8. The van der Waals surface area contributed by atoms with E-state index in [0.717, 1.165) is 82.4 Å². The maximum absolute atomic E-state index is 14.0. The molecule has 26 heteroatoms. The van der Waals surface area contributed by atoms with E-state index in [4.69, 9.17) is 14.5 Å². The first-order valence-electron chi connectivity index (χ1n) is 46.9. The van der Waals surface area contributed by atoms with Gasteiger partial charge in [0.1, 0.15) is 36.4 Å². The van der Waals surface area contributed by atoms with Crippen LogP contribution in [-0.4, -0.2) is 242 Å². The minimum Gasteiger partial charge on any atom is -0.478 e. The van der Waals surface area contributed by atoms with Crippen molar-refractivity contribution in [3.05, 3.63) is 179 Å². The second-order valence-corrected chi connectivity index (χ2v) is 41.6. The van der Waals surface area contributed by atoms with Crippen LogP contribution < -0.4 is 26.6 Å². The average Bonchev–Trinajstić information content (AvgIpc) is 1.58. The average molecular weight is 1780 g/mol. The topological polar surface area (TPSA) is 348 Å². The zero-order valence-corrected chi connectivity index (χ0v) is 78.8. The zero-order chi connectivity index (χ0) is 93.3. The number of carbonyl (C=O) groups excluding carboxylic acids is 5. The van der Waals surface area contributed by atoms with Crippen molar-refractivity contribution in [1.29, 1.82) is 0 Å². The van der Waals surface area contributed by atoms with Crippen LogP contribution in [0, 0.1) is 87.3 Å². The number of amides is 5. The maximum Gasteiger partial charge on any atom is 0.335 e. The number of hydrogen-bond acceptors (Lipinski definition) is 20. The van der Waals surface area contributed by atoms with Crippen LogP contribution in [0.3, 0.4) is 0 Å². The van der Waals surface area contributed by atoms with Crippen molar-refractivity contribution in [2.24, 2.45) is 87.3 Å². The third-order valence-corrected chi connectivity index (χ3v) is 31.4. The van der Waals surface area contributed by atoms with Gasteiger partial charge in [-0.15, -0.1) is 0 Å². The Kier molecular flexibility index (Phi) is 31.2. The summed E-state index contributed by atoms with van der Waals surface area (Å²) in [7, 11) is 7.91. The molecular formula is C103H144N10O16. The Morgan fingerprint density at radius 1 is 0.395 bits per heavy atom. The Hall–Kier alpha value is -8.42. The van der Waals surface area contributed by atoms with E-state index in [9.17, 15) is 64.5 Å². The molecule has 0 radical (unpaired) electrons. The second-order valence-electron chi connectivity index (χ2n) is 41.6. The third kappa shape index (κ3) is 21.5.